The standard InChI is InChI=1S/C15H18F3NO4S/c16-15(17,18)23-11-1-3-12(4-2-11)24(20,21)19-13-5-6-14(13)7-9-22-10-8-14/h1-4,13,19H,5-10H2. The average molecular weight is 365 g/mol. The van der Waals surface area contributed by atoms with E-state index in [4.69, 9.17) is 4.74 Å². The Kier molecular flexibility index (Phi) is 4.52. The van der Waals surface area contributed by atoms with Gasteiger partial charge in [-0.25, -0.2) is 13.1 Å². The maximum atomic E-state index is 12.5. The molecule has 1 atom stereocenters. The van der Waals surface area contributed by atoms with E-state index in [1.807, 2.05) is 0 Å². The summed E-state index contributed by atoms with van der Waals surface area (Å²) in [6.07, 6.45) is -1.45. The van der Waals surface area contributed by atoms with E-state index in [0.717, 1.165) is 49.9 Å². The van der Waals surface area contributed by atoms with Crippen LogP contribution in [-0.2, 0) is 14.8 Å². The third-order valence-corrected chi connectivity index (χ3v) is 6.31. The molecule has 5 nitrogen and oxygen atoms in total. The first kappa shape index (κ1) is 17.5. The number of halogens is 3. The molecule has 0 amide bonds. The van der Waals surface area contributed by atoms with Gasteiger partial charge in [-0.3, -0.25) is 0 Å². The van der Waals surface area contributed by atoms with Crippen LogP contribution in [0.4, 0.5) is 13.2 Å². The summed E-state index contributed by atoms with van der Waals surface area (Å²) in [6.45, 7) is 1.25. The van der Waals surface area contributed by atoms with Gasteiger partial charge in [0.15, 0.2) is 0 Å². The minimum atomic E-state index is -4.81. The normalized spacial score (nSPS) is 23.7. The van der Waals surface area contributed by atoms with Crippen molar-refractivity contribution in [2.45, 2.75) is 43.0 Å². The highest BCUT2D eigenvalue weighted by molar-refractivity contribution is 7.89. The van der Waals surface area contributed by atoms with Crippen molar-refractivity contribution in [3.8, 4) is 5.75 Å². The molecule has 1 aromatic carbocycles. The molecule has 24 heavy (non-hydrogen) atoms. The summed E-state index contributed by atoms with van der Waals surface area (Å²) in [6, 6.07) is 4.05. The molecule has 3 rings (SSSR count). The van der Waals surface area contributed by atoms with E-state index in [1.54, 1.807) is 0 Å². The Bertz CT molecular complexity index is 682. The van der Waals surface area contributed by atoms with E-state index in [-0.39, 0.29) is 16.4 Å². The number of benzene rings is 1. The summed E-state index contributed by atoms with van der Waals surface area (Å²) in [5.74, 6) is -0.453. The lowest BCUT2D eigenvalue weighted by atomic mass is 9.60. The lowest BCUT2D eigenvalue weighted by Crippen LogP contribution is -2.57. The first-order chi connectivity index (χ1) is 11.2. The summed E-state index contributed by atoms with van der Waals surface area (Å²) >= 11 is 0. The van der Waals surface area contributed by atoms with Gasteiger partial charge in [0.05, 0.1) is 4.90 Å². The van der Waals surface area contributed by atoms with E-state index in [9.17, 15) is 21.6 Å². The zero-order valence-corrected chi connectivity index (χ0v) is 13.6. The van der Waals surface area contributed by atoms with E-state index < -0.39 is 22.1 Å². The van der Waals surface area contributed by atoms with Gasteiger partial charge in [-0.15, -0.1) is 13.2 Å². The molecule has 2 fully saturated rings. The van der Waals surface area contributed by atoms with E-state index in [0.29, 0.717) is 13.2 Å². The monoisotopic (exact) mass is 365 g/mol. The van der Waals surface area contributed by atoms with E-state index in [2.05, 4.69) is 9.46 Å². The van der Waals surface area contributed by atoms with Crippen LogP contribution in [0.15, 0.2) is 29.2 Å². The van der Waals surface area contributed by atoms with Gasteiger partial charge in [0.2, 0.25) is 10.0 Å². The second-order valence-electron chi connectivity index (χ2n) is 6.21. The Hall–Kier alpha value is -1.32. The van der Waals surface area contributed by atoms with Gasteiger partial charge >= 0.3 is 6.36 Å². The second kappa shape index (κ2) is 6.20. The highest BCUT2D eigenvalue weighted by Gasteiger charge is 2.48. The fraction of sp³-hybridized carbons (Fsp3) is 0.600. The van der Waals surface area contributed by atoms with Crippen molar-refractivity contribution < 1.29 is 31.1 Å². The third kappa shape index (κ3) is 3.68. The quantitative estimate of drug-likeness (QED) is 0.891. The zero-order valence-electron chi connectivity index (χ0n) is 12.8. The summed E-state index contributed by atoms with van der Waals surface area (Å²) in [5.41, 5.74) is -0.0509. The van der Waals surface area contributed by atoms with Gasteiger partial charge in [0.1, 0.15) is 5.75 Å². The average Bonchev–Trinajstić information content (AvgIpc) is 2.52. The number of hydrogen-bond acceptors (Lipinski definition) is 4. The van der Waals surface area contributed by atoms with Gasteiger partial charge < -0.3 is 9.47 Å². The number of rotatable bonds is 4. The Labute approximate surface area is 138 Å². The van der Waals surface area contributed by atoms with Crippen LogP contribution in [0.3, 0.4) is 0 Å². The molecule has 0 bridgehead atoms. The molecule has 1 spiro atoms. The van der Waals surface area contributed by atoms with Crippen LogP contribution in [0, 0.1) is 5.41 Å². The highest BCUT2D eigenvalue weighted by Crippen LogP contribution is 2.49. The Morgan fingerprint density at radius 3 is 2.25 bits per heavy atom. The molecule has 9 heteroatoms. The molecule has 2 aliphatic rings. The molecule has 1 saturated carbocycles. The second-order valence-corrected chi connectivity index (χ2v) is 7.92. The van der Waals surface area contributed by atoms with Crippen LogP contribution in [-0.4, -0.2) is 34.0 Å². The first-order valence-corrected chi connectivity index (χ1v) is 9.14. The zero-order chi connectivity index (χ0) is 17.4. The fourth-order valence-electron chi connectivity index (χ4n) is 3.33. The molecule has 0 aromatic heterocycles. The summed E-state index contributed by atoms with van der Waals surface area (Å²) in [4.78, 5) is -0.0777. The lowest BCUT2D eigenvalue weighted by Gasteiger charge is -2.51. The maximum Gasteiger partial charge on any atom is 0.573 e. The molecule has 0 radical (unpaired) electrons. The smallest absolute Gasteiger partial charge is 0.406 e. The van der Waals surface area contributed by atoms with Gasteiger partial charge in [0, 0.05) is 19.3 Å². The fourth-order valence-corrected chi connectivity index (χ4v) is 4.71. The third-order valence-electron chi connectivity index (χ3n) is 4.82. The molecule has 1 unspecified atom stereocenters. The SMILES string of the molecule is O=S(=O)(NC1CCC12CCOCC2)c1ccc(OC(F)(F)F)cc1. The van der Waals surface area contributed by atoms with Crippen molar-refractivity contribution in [1.29, 1.82) is 0 Å². The van der Waals surface area contributed by atoms with Crippen LogP contribution < -0.4 is 9.46 Å². The molecule has 1 aliphatic heterocycles. The minimum Gasteiger partial charge on any atom is -0.406 e. The molecule has 1 aliphatic carbocycles. The van der Waals surface area contributed by atoms with Crippen molar-refractivity contribution in [2.24, 2.45) is 5.41 Å². The Balaban J connectivity index is 1.69. The van der Waals surface area contributed by atoms with Gasteiger partial charge in [-0.2, -0.15) is 0 Å². The molecule has 1 saturated heterocycles. The van der Waals surface area contributed by atoms with Crippen molar-refractivity contribution in [3.63, 3.8) is 0 Å². The van der Waals surface area contributed by atoms with Crippen molar-refractivity contribution in [2.75, 3.05) is 13.2 Å². The van der Waals surface area contributed by atoms with Crippen molar-refractivity contribution in [3.05, 3.63) is 24.3 Å². The summed E-state index contributed by atoms with van der Waals surface area (Å²) < 4.78 is 73.1. The first-order valence-electron chi connectivity index (χ1n) is 7.66. The number of nitrogens with one attached hydrogen (secondary N) is 1. The maximum absolute atomic E-state index is 12.5. The minimum absolute atomic E-state index is 0.0509. The molecular formula is C15H18F3NO4S. The van der Waals surface area contributed by atoms with Crippen molar-refractivity contribution >= 4 is 10.0 Å². The van der Waals surface area contributed by atoms with Gasteiger partial charge in [-0.05, 0) is 55.4 Å². The molecule has 1 aromatic rings. The van der Waals surface area contributed by atoms with Gasteiger partial charge in [-0.1, -0.05) is 0 Å². The largest absolute Gasteiger partial charge is 0.573 e. The van der Waals surface area contributed by atoms with Crippen LogP contribution >= 0.6 is 0 Å². The Morgan fingerprint density at radius 1 is 1.12 bits per heavy atom. The number of ether oxygens (including phenoxy) is 2. The van der Waals surface area contributed by atoms with E-state index >= 15 is 0 Å². The molecule has 1 N–H and O–H groups in total. The highest BCUT2D eigenvalue weighted by atomic mass is 32.2. The van der Waals surface area contributed by atoms with Gasteiger partial charge in [0.25, 0.3) is 0 Å². The number of sulfonamides is 1. The van der Waals surface area contributed by atoms with E-state index in [1.165, 1.54) is 0 Å². The van der Waals surface area contributed by atoms with Crippen LogP contribution in [0.25, 0.3) is 0 Å². The number of alkyl halides is 3. The number of hydrogen-bond donors (Lipinski definition) is 1. The van der Waals surface area contributed by atoms with Crippen LogP contribution in [0.2, 0.25) is 0 Å². The molecule has 134 valence electrons. The van der Waals surface area contributed by atoms with Crippen LogP contribution in [0.5, 0.6) is 5.75 Å². The Morgan fingerprint density at radius 2 is 1.75 bits per heavy atom. The summed E-state index contributed by atoms with van der Waals surface area (Å²) in [7, 11) is -3.78. The van der Waals surface area contributed by atoms with Crippen molar-refractivity contribution in [1.82, 2.24) is 4.72 Å². The predicted octanol–water partition coefficient (Wildman–Crippen LogP) is 2.82. The molecule has 1 heterocycles. The topological polar surface area (TPSA) is 64.6 Å². The molecular weight excluding hydrogens is 347 g/mol. The van der Waals surface area contributed by atoms with Crippen LogP contribution in [0.1, 0.15) is 25.7 Å². The lowest BCUT2D eigenvalue weighted by molar-refractivity contribution is -0.274. The predicted molar refractivity (Wildman–Crippen MR) is 79.0 cm³/mol. The summed E-state index contributed by atoms with van der Waals surface area (Å²) in [5, 5.41) is 0.